The zero-order valence-corrected chi connectivity index (χ0v) is 36.8. The van der Waals surface area contributed by atoms with Gasteiger partial charge in [0.2, 0.25) is 41.4 Å². The highest BCUT2D eigenvalue weighted by atomic mass is 32.1. The minimum absolute atomic E-state index is 0.0827. The number of aliphatic hydroxyl groups is 1. The number of likely N-dealkylation sites (tertiary alicyclic amines) is 1. The molecule has 0 bridgehead atoms. The number of aldehydes is 1. The summed E-state index contributed by atoms with van der Waals surface area (Å²) >= 11 is 4.08. The molecule has 1 aliphatic carbocycles. The average molecular weight is 923 g/mol. The number of aromatic nitrogens is 2. The third kappa shape index (κ3) is 11.2. The second kappa shape index (κ2) is 21.7. The Kier molecular flexibility index (Phi) is 16.2. The van der Waals surface area contributed by atoms with Crippen LogP contribution in [0.1, 0.15) is 83.9 Å². The number of nitrogens with one attached hydrogen (secondary N) is 5. The van der Waals surface area contributed by atoms with Gasteiger partial charge in [-0.1, -0.05) is 6.42 Å². The molecule has 20 nitrogen and oxygen atoms in total. The molecule has 2 aromatic heterocycles. The highest BCUT2D eigenvalue weighted by Gasteiger charge is 2.37. The van der Waals surface area contributed by atoms with Crippen molar-refractivity contribution in [3.63, 3.8) is 0 Å². The van der Waals surface area contributed by atoms with E-state index < -0.39 is 66.0 Å². The Morgan fingerprint density at radius 2 is 1.58 bits per heavy atom. The van der Waals surface area contributed by atoms with Gasteiger partial charge in [0.15, 0.2) is 6.29 Å². The number of hydrogen-bond donors (Lipinski definition) is 7. The van der Waals surface area contributed by atoms with Crippen LogP contribution in [0.3, 0.4) is 0 Å². The number of fused-ring (bicyclic) bond motifs is 4. The van der Waals surface area contributed by atoms with Crippen molar-refractivity contribution in [1.29, 1.82) is 0 Å². The number of pyridine rings is 2. The molecule has 1 fully saturated rings. The summed E-state index contributed by atoms with van der Waals surface area (Å²) in [5, 5.41) is 22.7. The van der Waals surface area contributed by atoms with Crippen molar-refractivity contribution in [3.8, 4) is 11.4 Å². The third-order valence-corrected chi connectivity index (χ3v) is 12.0. The summed E-state index contributed by atoms with van der Waals surface area (Å²) in [5.41, 5.74) is 3.80. The third-order valence-electron chi connectivity index (χ3n) is 11.6. The van der Waals surface area contributed by atoms with E-state index in [1.807, 2.05) is 0 Å². The molecular weight excluding hydrogens is 872 g/mol. The topological polar surface area (TPSA) is 274 Å². The van der Waals surface area contributed by atoms with E-state index in [0.29, 0.717) is 60.9 Å². The van der Waals surface area contributed by atoms with E-state index in [2.05, 4.69) is 39.2 Å². The number of unbranched alkanes of at least 4 members (excludes halogenated alkanes) is 2. The fraction of sp³-hybridized carbons (Fsp3) is 0.488. The van der Waals surface area contributed by atoms with Gasteiger partial charge in [-0.2, -0.15) is 12.6 Å². The summed E-state index contributed by atoms with van der Waals surface area (Å²) in [7, 11) is 1.40. The molecule has 3 aromatic rings. The zero-order chi connectivity index (χ0) is 46.9. The predicted molar refractivity (Wildman–Crippen MR) is 232 cm³/mol. The molecule has 2 aliphatic heterocycles. The number of carbonyl (C=O) groups is 8. The predicted octanol–water partition coefficient (Wildman–Crippen LogP) is -0.546. The monoisotopic (exact) mass is 922 g/mol. The van der Waals surface area contributed by atoms with Crippen LogP contribution in [0.25, 0.3) is 22.3 Å². The average Bonchev–Trinajstić information content (AvgIpc) is 3.78. The number of benzene rings is 1. The van der Waals surface area contributed by atoms with Gasteiger partial charge in [0.25, 0.3) is 5.56 Å². The van der Waals surface area contributed by atoms with Crippen LogP contribution in [0.5, 0.6) is 0 Å². The van der Waals surface area contributed by atoms with E-state index in [-0.39, 0.29) is 87.2 Å². The Hall–Kier alpha value is -6.10. The molecule has 6 N–H and O–H groups in total. The highest BCUT2D eigenvalue weighted by Crippen LogP contribution is 2.45. The van der Waals surface area contributed by atoms with Gasteiger partial charge in [-0.25, -0.2) is 9.37 Å². The molecule has 22 heteroatoms. The first-order chi connectivity index (χ1) is 31.1. The molecule has 4 heterocycles. The van der Waals surface area contributed by atoms with E-state index >= 15 is 4.39 Å². The van der Waals surface area contributed by atoms with Crippen LogP contribution in [0.2, 0.25) is 0 Å². The largest absolute Gasteiger partial charge is 0.381 e. The van der Waals surface area contributed by atoms with Gasteiger partial charge >= 0.3 is 0 Å². The van der Waals surface area contributed by atoms with Crippen molar-refractivity contribution >= 4 is 71.2 Å². The van der Waals surface area contributed by atoms with Gasteiger partial charge in [-0.05, 0) is 55.4 Å². The van der Waals surface area contributed by atoms with Crippen molar-refractivity contribution in [1.82, 2.24) is 41.0 Å². The maximum atomic E-state index is 15.2. The first-order valence-corrected chi connectivity index (χ1v) is 21.6. The standard InChI is InChI=1S/C43H51FN8O12S/c1-22-24-8-7-23(39-26-17-52-30(41(26)50-29(40(24)39)11-28(22)44)10-25(31(54)18-53)27(20-63-2)42(52)61)19-64-21-49-37(59)16-48-36(58)15-47-35(57)14-46-34(56)13-45-33(55)6-4-3-5-9-51-38(60)12-32(65)43(51)62/h10-11,18,23,31-32,54,65H,3-9,12-17,19-21H2,1-2H3,(H,45,55)(H,46,56)(H,47,57)(H,48,58)(H,49,59). The number of carbonyl (C=O) groups excluding carboxylic acids is 8. The van der Waals surface area contributed by atoms with Crippen molar-refractivity contribution in [2.24, 2.45) is 0 Å². The van der Waals surface area contributed by atoms with Crippen molar-refractivity contribution < 1.29 is 57.3 Å². The van der Waals surface area contributed by atoms with E-state index in [4.69, 9.17) is 14.5 Å². The molecule has 0 spiro atoms. The first-order valence-electron chi connectivity index (χ1n) is 21.1. The van der Waals surface area contributed by atoms with Crippen LogP contribution in [0, 0.1) is 12.7 Å². The lowest BCUT2D eigenvalue weighted by Gasteiger charge is -2.29. The molecule has 7 amide bonds. The summed E-state index contributed by atoms with van der Waals surface area (Å²) in [6.07, 6.45) is 1.64. The Bertz CT molecular complexity index is 2480. The molecule has 6 rings (SSSR count). The van der Waals surface area contributed by atoms with Gasteiger partial charge in [-0.15, -0.1) is 0 Å². The van der Waals surface area contributed by atoms with Crippen LogP contribution in [0.15, 0.2) is 16.9 Å². The molecule has 65 heavy (non-hydrogen) atoms. The van der Waals surface area contributed by atoms with Crippen molar-refractivity contribution in [2.45, 2.75) is 82.3 Å². The minimum atomic E-state index is -1.58. The molecule has 1 saturated heterocycles. The summed E-state index contributed by atoms with van der Waals surface area (Å²) < 4.78 is 27.8. The molecule has 3 atom stereocenters. The number of nitrogens with zero attached hydrogens (tertiary/aromatic N) is 3. The highest BCUT2D eigenvalue weighted by molar-refractivity contribution is 7.81. The smallest absolute Gasteiger partial charge is 0.257 e. The van der Waals surface area contributed by atoms with Crippen molar-refractivity contribution in [3.05, 3.63) is 61.7 Å². The summed E-state index contributed by atoms with van der Waals surface area (Å²) in [5.74, 6) is -4.21. The normalized spacial score (nSPS) is 16.5. The molecule has 0 saturated carbocycles. The lowest BCUT2D eigenvalue weighted by molar-refractivity contribution is -0.138. The zero-order valence-electron chi connectivity index (χ0n) is 35.9. The van der Waals surface area contributed by atoms with Gasteiger partial charge in [-0.3, -0.25) is 43.3 Å². The van der Waals surface area contributed by atoms with Gasteiger partial charge in [0.1, 0.15) is 18.7 Å². The molecule has 348 valence electrons. The van der Waals surface area contributed by atoms with Crippen LogP contribution < -0.4 is 32.1 Å². The fourth-order valence-electron chi connectivity index (χ4n) is 8.27. The van der Waals surface area contributed by atoms with Crippen LogP contribution in [0.4, 0.5) is 4.39 Å². The summed E-state index contributed by atoms with van der Waals surface area (Å²) in [4.78, 5) is 116. The number of thiol groups is 1. The number of aliphatic hydroxyl groups excluding tert-OH is 1. The number of rotatable bonds is 22. The van der Waals surface area contributed by atoms with Gasteiger partial charge in [0.05, 0.1) is 68.1 Å². The lowest BCUT2D eigenvalue weighted by Crippen LogP contribution is -2.45. The Labute approximate surface area is 377 Å². The maximum absolute atomic E-state index is 15.2. The second-order valence-electron chi connectivity index (χ2n) is 15.9. The Balaban J connectivity index is 0.913. The second-order valence-corrected chi connectivity index (χ2v) is 16.6. The number of aryl methyl sites for hydroxylation is 1. The van der Waals surface area contributed by atoms with E-state index in [1.165, 1.54) is 22.6 Å². The van der Waals surface area contributed by atoms with Crippen molar-refractivity contribution in [2.75, 3.05) is 53.2 Å². The number of imide groups is 1. The number of methoxy groups -OCH3 is 1. The van der Waals surface area contributed by atoms with E-state index in [0.717, 1.165) is 22.1 Å². The van der Waals surface area contributed by atoms with Crippen LogP contribution in [-0.2, 0) is 67.4 Å². The Morgan fingerprint density at radius 3 is 2.20 bits per heavy atom. The van der Waals surface area contributed by atoms with E-state index in [1.54, 1.807) is 13.0 Å². The fourth-order valence-corrected chi connectivity index (χ4v) is 8.57. The number of halogens is 1. The number of ether oxygens (including phenoxy) is 2. The number of amides is 7. The van der Waals surface area contributed by atoms with Gasteiger partial charge < -0.3 is 50.5 Å². The quantitative estimate of drug-likeness (QED) is 0.0172. The van der Waals surface area contributed by atoms with Crippen LogP contribution in [-0.4, -0.2) is 126 Å². The molecular formula is C43H51FN8O12S. The summed E-state index contributed by atoms with van der Waals surface area (Å²) in [6, 6.07) is 2.89. The van der Waals surface area contributed by atoms with E-state index in [9.17, 15) is 48.3 Å². The molecule has 3 unspecified atom stereocenters. The molecule has 1 aromatic carbocycles. The van der Waals surface area contributed by atoms with Crippen LogP contribution >= 0.6 is 12.6 Å². The first kappa shape index (κ1) is 48.4. The minimum Gasteiger partial charge on any atom is -0.381 e. The molecule has 0 radical (unpaired) electrons. The number of hydrogen-bond acceptors (Lipinski definition) is 14. The SMILES string of the molecule is COCc1c(C(O)C=O)cc2n(c1=O)Cc1c-2nc2cc(F)c(C)c3c2c1C(COCNC(=O)CNC(=O)CNC(=O)CNC(=O)CNC(=O)CCCCCN1C(=O)CC(S)C1=O)CC3. The maximum Gasteiger partial charge on any atom is 0.257 e. The lowest BCUT2D eigenvalue weighted by atomic mass is 9.78. The Morgan fingerprint density at radius 1 is 0.938 bits per heavy atom. The summed E-state index contributed by atoms with van der Waals surface area (Å²) in [6.45, 7) is 0.121. The molecule has 3 aliphatic rings. The van der Waals surface area contributed by atoms with Gasteiger partial charge in [0, 0.05) is 60.6 Å².